The van der Waals surface area contributed by atoms with Gasteiger partial charge in [0, 0.05) is 11.1 Å². The number of rotatable bonds is 0. The van der Waals surface area contributed by atoms with Crippen LogP contribution in [0.5, 0.6) is 0 Å². The van der Waals surface area contributed by atoms with Gasteiger partial charge >= 0.3 is 0 Å². The standard InChI is InChI=1S/C17H17N/c18-15-7-3-5-13-9-11-17(16(13)15)10-8-12-4-1-2-6-14(12)17/h1-7H,8-11,18H2/t17-/m1/s1. The molecule has 1 heteroatoms. The van der Waals surface area contributed by atoms with Crippen LogP contribution in [0.4, 0.5) is 5.69 Å². The first-order valence-electron chi connectivity index (χ1n) is 6.77. The normalized spacial score (nSPS) is 24.2. The summed E-state index contributed by atoms with van der Waals surface area (Å²) in [6.45, 7) is 0. The molecule has 2 aliphatic rings. The number of nitrogen functional groups attached to an aromatic ring is 1. The number of hydrogen-bond donors (Lipinski definition) is 1. The molecular weight excluding hydrogens is 218 g/mol. The average molecular weight is 235 g/mol. The number of fused-ring (bicyclic) bond motifs is 4. The van der Waals surface area contributed by atoms with Crippen molar-refractivity contribution in [2.24, 2.45) is 0 Å². The van der Waals surface area contributed by atoms with E-state index in [9.17, 15) is 0 Å². The molecule has 0 saturated heterocycles. The van der Waals surface area contributed by atoms with Gasteiger partial charge in [-0.15, -0.1) is 0 Å². The Hall–Kier alpha value is -1.76. The van der Waals surface area contributed by atoms with Gasteiger partial charge in [-0.3, -0.25) is 0 Å². The van der Waals surface area contributed by atoms with Crippen molar-refractivity contribution in [3.8, 4) is 0 Å². The molecule has 2 aromatic carbocycles. The van der Waals surface area contributed by atoms with Crippen LogP contribution < -0.4 is 5.73 Å². The van der Waals surface area contributed by atoms with E-state index in [4.69, 9.17) is 5.73 Å². The molecule has 2 aromatic rings. The van der Waals surface area contributed by atoms with E-state index >= 15 is 0 Å². The van der Waals surface area contributed by atoms with Gasteiger partial charge in [0.05, 0.1) is 0 Å². The number of hydrogen-bond acceptors (Lipinski definition) is 1. The van der Waals surface area contributed by atoms with Crippen LogP contribution in [-0.4, -0.2) is 0 Å². The topological polar surface area (TPSA) is 26.0 Å². The zero-order chi connectivity index (χ0) is 12.2. The fourth-order valence-electron chi connectivity index (χ4n) is 4.09. The van der Waals surface area contributed by atoms with Gasteiger partial charge in [-0.2, -0.15) is 0 Å². The van der Waals surface area contributed by atoms with Crippen LogP contribution in [0.15, 0.2) is 42.5 Å². The first kappa shape index (κ1) is 10.2. The average Bonchev–Trinajstić information content (AvgIpc) is 2.95. The Balaban J connectivity index is 2.00. The van der Waals surface area contributed by atoms with Crippen molar-refractivity contribution in [3.63, 3.8) is 0 Å². The summed E-state index contributed by atoms with van der Waals surface area (Å²) in [5, 5.41) is 0. The Morgan fingerprint density at radius 2 is 1.56 bits per heavy atom. The lowest BCUT2D eigenvalue weighted by Gasteiger charge is -2.27. The third-order valence-corrected chi connectivity index (χ3v) is 4.84. The number of nitrogens with two attached hydrogens (primary N) is 1. The molecule has 2 N–H and O–H groups in total. The highest BCUT2D eigenvalue weighted by atomic mass is 14.6. The lowest BCUT2D eigenvalue weighted by atomic mass is 9.76. The second-order valence-corrected chi connectivity index (χ2v) is 5.62. The van der Waals surface area contributed by atoms with Crippen LogP contribution in [0.2, 0.25) is 0 Å². The zero-order valence-corrected chi connectivity index (χ0v) is 10.4. The molecule has 0 heterocycles. The molecule has 90 valence electrons. The SMILES string of the molecule is Nc1cccc2c1[C@]1(CCc3ccccc31)CC2. The maximum absolute atomic E-state index is 6.28. The molecule has 0 fully saturated rings. The van der Waals surface area contributed by atoms with Gasteiger partial charge in [-0.05, 0) is 54.0 Å². The number of benzene rings is 2. The van der Waals surface area contributed by atoms with Crippen LogP contribution in [0.25, 0.3) is 0 Å². The minimum Gasteiger partial charge on any atom is -0.398 e. The Morgan fingerprint density at radius 1 is 0.833 bits per heavy atom. The van der Waals surface area contributed by atoms with E-state index in [0.717, 1.165) is 5.69 Å². The highest BCUT2D eigenvalue weighted by molar-refractivity contribution is 5.63. The Bertz CT molecular complexity index is 625. The Labute approximate surface area is 108 Å². The molecule has 4 rings (SSSR count). The summed E-state index contributed by atoms with van der Waals surface area (Å²) < 4.78 is 0. The minimum absolute atomic E-state index is 0.220. The first-order chi connectivity index (χ1) is 8.81. The molecule has 18 heavy (non-hydrogen) atoms. The summed E-state index contributed by atoms with van der Waals surface area (Å²) in [5.74, 6) is 0. The van der Waals surface area contributed by atoms with Crippen LogP contribution in [0.1, 0.15) is 35.1 Å². The van der Waals surface area contributed by atoms with E-state index in [1.54, 1.807) is 0 Å². The summed E-state index contributed by atoms with van der Waals surface area (Å²) in [6.07, 6.45) is 4.83. The lowest BCUT2D eigenvalue weighted by molar-refractivity contribution is 0.508. The van der Waals surface area contributed by atoms with Crippen molar-refractivity contribution < 1.29 is 0 Å². The molecule has 0 aromatic heterocycles. The molecule has 0 saturated carbocycles. The van der Waals surface area contributed by atoms with Crippen molar-refractivity contribution in [2.75, 3.05) is 5.73 Å². The summed E-state index contributed by atoms with van der Waals surface area (Å²) in [5.41, 5.74) is 13.4. The van der Waals surface area contributed by atoms with Gasteiger partial charge in [-0.25, -0.2) is 0 Å². The maximum Gasteiger partial charge on any atom is 0.0358 e. The van der Waals surface area contributed by atoms with Crippen molar-refractivity contribution in [1.29, 1.82) is 0 Å². The van der Waals surface area contributed by atoms with Crippen molar-refractivity contribution >= 4 is 5.69 Å². The molecule has 0 radical (unpaired) electrons. The van der Waals surface area contributed by atoms with Gasteiger partial charge in [0.1, 0.15) is 0 Å². The van der Waals surface area contributed by atoms with E-state index < -0.39 is 0 Å². The molecule has 0 unspecified atom stereocenters. The fraction of sp³-hybridized carbons (Fsp3) is 0.294. The fourth-order valence-corrected chi connectivity index (χ4v) is 4.09. The molecule has 1 spiro atoms. The summed E-state index contributed by atoms with van der Waals surface area (Å²) in [7, 11) is 0. The van der Waals surface area contributed by atoms with Crippen LogP contribution in [0.3, 0.4) is 0 Å². The third-order valence-electron chi connectivity index (χ3n) is 4.84. The molecule has 1 nitrogen and oxygen atoms in total. The lowest BCUT2D eigenvalue weighted by Crippen LogP contribution is -2.22. The number of anilines is 1. The third kappa shape index (κ3) is 1.12. The summed E-state index contributed by atoms with van der Waals surface area (Å²) in [4.78, 5) is 0. The largest absolute Gasteiger partial charge is 0.398 e. The monoisotopic (exact) mass is 235 g/mol. The van der Waals surface area contributed by atoms with Crippen molar-refractivity contribution in [1.82, 2.24) is 0 Å². The second-order valence-electron chi connectivity index (χ2n) is 5.62. The Kier molecular flexibility index (Phi) is 1.91. The molecule has 0 bridgehead atoms. The molecule has 1 atom stereocenters. The predicted molar refractivity (Wildman–Crippen MR) is 74.7 cm³/mol. The van der Waals surface area contributed by atoms with Crippen molar-refractivity contribution in [3.05, 3.63) is 64.7 Å². The highest BCUT2D eigenvalue weighted by Gasteiger charge is 2.45. The number of aryl methyl sites for hydroxylation is 2. The van der Waals surface area contributed by atoms with E-state index in [1.165, 1.54) is 47.9 Å². The smallest absolute Gasteiger partial charge is 0.0358 e. The van der Waals surface area contributed by atoms with Gasteiger partial charge < -0.3 is 5.73 Å². The van der Waals surface area contributed by atoms with Gasteiger partial charge in [0.25, 0.3) is 0 Å². The van der Waals surface area contributed by atoms with Gasteiger partial charge in [-0.1, -0.05) is 36.4 Å². The van der Waals surface area contributed by atoms with Crippen LogP contribution in [0, 0.1) is 0 Å². The van der Waals surface area contributed by atoms with Crippen molar-refractivity contribution in [2.45, 2.75) is 31.1 Å². The maximum atomic E-state index is 6.28. The Morgan fingerprint density at radius 3 is 2.44 bits per heavy atom. The summed E-state index contributed by atoms with van der Waals surface area (Å²) >= 11 is 0. The second kappa shape index (κ2) is 3.38. The predicted octanol–water partition coefficient (Wildman–Crippen LogP) is 3.45. The highest BCUT2D eigenvalue weighted by Crippen LogP contribution is 2.53. The van der Waals surface area contributed by atoms with Crippen LogP contribution >= 0.6 is 0 Å². The van der Waals surface area contributed by atoms with Gasteiger partial charge in [0.2, 0.25) is 0 Å². The summed E-state index contributed by atoms with van der Waals surface area (Å²) in [6, 6.07) is 15.3. The van der Waals surface area contributed by atoms with Gasteiger partial charge in [0.15, 0.2) is 0 Å². The first-order valence-corrected chi connectivity index (χ1v) is 6.77. The minimum atomic E-state index is 0.220. The molecule has 2 aliphatic carbocycles. The molecule has 0 amide bonds. The van der Waals surface area contributed by atoms with E-state index in [1.807, 2.05) is 0 Å². The van der Waals surface area contributed by atoms with E-state index in [-0.39, 0.29) is 5.41 Å². The zero-order valence-electron chi connectivity index (χ0n) is 10.4. The molecule has 0 aliphatic heterocycles. The van der Waals surface area contributed by atoms with E-state index in [2.05, 4.69) is 42.5 Å². The quantitative estimate of drug-likeness (QED) is 0.695. The van der Waals surface area contributed by atoms with Crippen LogP contribution in [-0.2, 0) is 18.3 Å². The van der Waals surface area contributed by atoms with E-state index in [0.29, 0.717) is 0 Å². The molecular formula is C17H17N.